The van der Waals surface area contributed by atoms with Gasteiger partial charge in [0.25, 0.3) is 0 Å². The number of hydrogen-bond donors (Lipinski definition) is 2. The first-order valence-corrected chi connectivity index (χ1v) is 8.33. The van der Waals surface area contributed by atoms with Crippen molar-refractivity contribution in [1.29, 1.82) is 0 Å². The molecule has 2 saturated heterocycles. The van der Waals surface area contributed by atoms with Crippen molar-refractivity contribution < 1.29 is 14.0 Å². The molecule has 2 amide bonds. The number of fused-ring (bicyclic) bond motifs is 1. The maximum atomic E-state index is 12.3. The number of nitrogens with one attached hydrogen (secondary N) is 2. The van der Waals surface area contributed by atoms with E-state index in [9.17, 15) is 14.4 Å². The molecule has 1 unspecified atom stereocenters. The van der Waals surface area contributed by atoms with Gasteiger partial charge in [0.15, 0.2) is 5.58 Å². The molecule has 2 aliphatic rings. The smallest absolute Gasteiger partial charge is 0.408 e. The highest BCUT2D eigenvalue weighted by Crippen LogP contribution is 2.29. The fourth-order valence-corrected chi connectivity index (χ4v) is 3.69. The van der Waals surface area contributed by atoms with Gasteiger partial charge in [0.05, 0.1) is 5.52 Å². The van der Waals surface area contributed by atoms with E-state index in [4.69, 9.17) is 4.42 Å². The Morgan fingerprint density at radius 3 is 2.56 bits per heavy atom. The Morgan fingerprint density at radius 1 is 1.08 bits per heavy atom. The highest BCUT2D eigenvalue weighted by Gasteiger charge is 2.31. The van der Waals surface area contributed by atoms with Crippen LogP contribution in [0.3, 0.4) is 0 Å². The van der Waals surface area contributed by atoms with Crippen molar-refractivity contribution in [2.75, 3.05) is 13.1 Å². The number of rotatable bonds is 2. The second-order valence-electron chi connectivity index (χ2n) is 6.46. The molecule has 2 fully saturated rings. The van der Waals surface area contributed by atoms with Gasteiger partial charge in [-0.1, -0.05) is 6.07 Å². The van der Waals surface area contributed by atoms with Gasteiger partial charge in [-0.15, -0.1) is 12.4 Å². The van der Waals surface area contributed by atoms with Gasteiger partial charge < -0.3 is 9.73 Å². The number of aromatic nitrogens is 1. The molecule has 8 heteroatoms. The Bertz CT molecular complexity index is 866. The lowest BCUT2D eigenvalue weighted by molar-refractivity contribution is -0.135. The Hall–Kier alpha value is -2.12. The number of oxazole rings is 1. The topological polar surface area (TPSA) is 93.3 Å². The van der Waals surface area contributed by atoms with E-state index in [0.717, 1.165) is 31.5 Å². The fourth-order valence-electron chi connectivity index (χ4n) is 3.69. The molecule has 0 aliphatic carbocycles. The quantitative estimate of drug-likeness (QED) is 0.786. The van der Waals surface area contributed by atoms with Crippen LogP contribution in [0.25, 0.3) is 11.1 Å². The molecule has 7 nitrogen and oxygen atoms in total. The zero-order valence-corrected chi connectivity index (χ0v) is 14.4. The number of halogens is 1. The van der Waals surface area contributed by atoms with Gasteiger partial charge in [0.2, 0.25) is 11.8 Å². The summed E-state index contributed by atoms with van der Waals surface area (Å²) in [4.78, 5) is 35.7. The van der Waals surface area contributed by atoms with Crippen LogP contribution in [0.4, 0.5) is 0 Å². The number of benzene rings is 1. The molecule has 2 aliphatic heterocycles. The van der Waals surface area contributed by atoms with E-state index in [2.05, 4.69) is 10.6 Å². The van der Waals surface area contributed by atoms with Gasteiger partial charge in [-0.3, -0.25) is 19.5 Å². The number of imide groups is 1. The van der Waals surface area contributed by atoms with E-state index >= 15 is 0 Å². The van der Waals surface area contributed by atoms with Crippen LogP contribution in [0.1, 0.15) is 43.2 Å². The number of nitrogens with zero attached hydrogens (tertiary/aromatic N) is 1. The predicted molar refractivity (Wildman–Crippen MR) is 94.0 cm³/mol. The molecule has 1 atom stereocenters. The summed E-state index contributed by atoms with van der Waals surface area (Å²) in [5.74, 6) is -0.842. The molecule has 1 aromatic heterocycles. The molecule has 2 aromatic rings. The lowest BCUT2D eigenvalue weighted by Crippen LogP contribution is -2.43. The van der Waals surface area contributed by atoms with Crippen molar-refractivity contribution in [2.45, 2.75) is 37.6 Å². The number of piperidine rings is 2. The summed E-state index contributed by atoms with van der Waals surface area (Å²) in [5.41, 5.74) is 2.26. The standard InChI is InChI=1S/C17H19N3O4.ClH/c21-15-4-3-13(16(22)19-15)20-12-2-1-11(9-14(12)24-17(20)23)10-5-7-18-8-6-10;/h1-2,9-10,13,18H,3-8H2,(H,19,21,22);1H. The van der Waals surface area contributed by atoms with Gasteiger partial charge in [-0.25, -0.2) is 4.79 Å². The van der Waals surface area contributed by atoms with Crippen LogP contribution < -0.4 is 16.4 Å². The Balaban J connectivity index is 0.00000182. The molecule has 0 spiro atoms. The van der Waals surface area contributed by atoms with E-state index in [1.807, 2.05) is 18.2 Å². The van der Waals surface area contributed by atoms with Crippen molar-refractivity contribution in [2.24, 2.45) is 0 Å². The summed E-state index contributed by atoms with van der Waals surface area (Å²) in [7, 11) is 0. The van der Waals surface area contributed by atoms with Crippen molar-refractivity contribution >= 4 is 35.3 Å². The third-order valence-electron chi connectivity index (χ3n) is 4.97. The lowest BCUT2D eigenvalue weighted by atomic mass is 9.90. The summed E-state index contributed by atoms with van der Waals surface area (Å²) < 4.78 is 6.75. The second-order valence-corrected chi connectivity index (χ2v) is 6.46. The van der Waals surface area contributed by atoms with Gasteiger partial charge in [-0.2, -0.15) is 0 Å². The minimum Gasteiger partial charge on any atom is -0.408 e. The molecule has 0 bridgehead atoms. The molecule has 2 N–H and O–H groups in total. The largest absolute Gasteiger partial charge is 0.420 e. The second kappa shape index (κ2) is 7.01. The van der Waals surface area contributed by atoms with E-state index < -0.39 is 17.7 Å². The fraction of sp³-hybridized carbons (Fsp3) is 0.471. The average molecular weight is 366 g/mol. The minimum atomic E-state index is -0.693. The first kappa shape index (κ1) is 17.7. The lowest BCUT2D eigenvalue weighted by Gasteiger charge is -2.23. The summed E-state index contributed by atoms with van der Waals surface area (Å²) in [6, 6.07) is 5.08. The number of amides is 2. The Labute approximate surface area is 150 Å². The molecule has 134 valence electrons. The van der Waals surface area contributed by atoms with E-state index in [1.54, 1.807) is 0 Å². The van der Waals surface area contributed by atoms with Crippen molar-refractivity contribution in [1.82, 2.24) is 15.2 Å². The van der Waals surface area contributed by atoms with Crippen LogP contribution in [0.5, 0.6) is 0 Å². The SMILES string of the molecule is Cl.O=C1CCC(n2c(=O)oc3cc(C4CCNCC4)ccc32)C(=O)N1. The molecule has 0 saturated carbocycles. The third-order valence-corrected chi connectivity index (χ3v) is 4.97. The van der Waals surface area contributed by atoms with Crippen LogP contribution in [0.15, 0.2) is 27.4 Å². The highest BCUT2D eigenvalue weighted by atomic mass is 35.5. The van der Waals surface area contributed by atoms with E-state index in [-0.39, 0.29) is 24.7 Å². The molecule has 4 rings (SSSR count). The average Bonchev–Trinajstić information content (AvgIpc) is 2.91. The van der Waals surface area contributed by atoms with E-state index in [1.165, 1.54) is 4.57 Å². The van der Waals surface area contributed by atoms with Crippen LogP contribution in [-0.2, 0) is 9.59 Å². The first-order valence-electron chi connectivity index (χ1n) is 8.33. The molecule has 3 heterocycles. The number of carbonyl (C=O) groups is 2. The molecule has 0 radical (unpaired) electrons. The summed E-state index contributed by atoms with van der Waals surface area (Å²) in [5, 5.41) is 5.62. The first-order chi connectivity index (χ1) is 11.6. The third kappa shape index (κ3) is 3.21. The van der Waals surface area contributed by atoms with Gasteiger partial charge in [0.1, 0.15) is 6.04 Å². The van der Waals surface area contributed by atoms with Gasteiger partial charge in [0, 0.05) is 6.42 Å². The maximum Gasteiger partial charge on any atom is 0.420 e. The highest BCUT2D eigenvalue weighted by molar-refractivity contribution is 6.00. The van der Waals surface area contributed by atoms with E-state index in [0.29, 0.717) is 23.4 Å². The summed E-state index contributed by atoms with van der Waals surface area (Å²) in [6.07, 6.45) is 2.66. The van der Waals surface area contributed by atoms with Crippen LogP contribution in [-0.4, -0.2) is 29.5 Å². The predicted octanol–water partition coefficient (Wildman–Crippen LogP) is 1.46. The number of carbonyl (C=O) groups excluding carboxylic acids is 2. The number of hydrogen-bond acceptors (Lipinski definition) is 5. The molecule has 1 aromatic carbocycles. The van der Waals surface area contributed by atoms with Gasteiger partial charge in [-0.05, 0) is 56.0 Å². The molecule has 25 heavy (non-hydrogen) atoms. The van der Waals surface area contributed by atoms with Crippen LogP contribution in [0.2, 0.25) is 0 Å². The van der Waals surface area contributed by atoms with Crippen LogP contribution in [0, 0.1) is 0 Å². The summed E-state index contributed by atoms with van der Waals surface area (Å²) in [6.45, 7) is 1.98. The minimum absolute atomic E-state index is 0. The summed E-state index contributed by atoms with van der Waals surface area (Å²) >= 11 is 0. The van der Waals surface area contributed by atoms with Crippen molar-refractivity contribution in [3.8, 4) is 0 Å². The Kier molecular flexibility index (Phi) is 4.96. The maximum absolute atomic E-state index is 12.3. The van der Waals surface area contributed by atoms with Crippen molar-refractivity contribution in [3.63, 3.8) is 0 Å². The van der Waals surface area contributed by atoms with Crippen LogP contribution >= 0.6 is 12.4 Å². The zero-order chi connectivity index (χ0) is 16.7. The molecular weight excluding hydrogens is 346 g/mol. The molecular formula is C17H20ClN3O4. The monoisotopic (exact) mass is 365 g/mol. The van der Waals surface area contributed by atoms with Gasteiger partial charge >= 0.3 is 5.76 Å². The van der Waals surface area contributed by atoms with Crippen molar-refractivity contribution in [3.05, 3.63) is 34.3 Å². The zero-order valence-electron chi connectivity index (χ0n) is 13.6. The Morgan fingerprint density at radius 2 is 1.84 bits per heavy atom. The normalized spacial score (nSPS) is 21.8.